The summed E-state index contributed by atoms with van der Waals surface area (Å²) < 4.78 is 71.4. The second kappa shape index (κ2) is 14.7. The van der Waals surface area contributed by atoms with Crippen LogP contribution in [0.2, 0.25) is 10.0 Å². The van der Waals surface area contributed by atoms with Gasteiger partial charge in [-0.2, -0.15) is 13.1 Å². The van der Waals surface area contributed by atoms with E-state index in [1.165, 1.54) is 70.9 Å². The van der Waals surface area contributed by atoms with Crippen molar-refractivity contribution in [3.05, 3.63) is 81.6 Å². The maximum atomic E-state index is 13.5. The maximum absolute atomic E-state index is 13.5. The van der Waals surface area contributed by atoms with Gasteiger partial charge in [-0.25, -0.2) is 8.42 Å². The molecule has 2 heterocycles. The highest BCUT2D eigenvalue weighted by Crippen LogP contribution is 2.39. The van der Waals surface area contributed by atoms with E-state index in [-0.39, 0.29) is 51.4 Å². The molecule has 0 amide bonds. The van der Waals surface area contributed by atoms with E-state index in [0.717, 1.165) is 12.8 Å². The average molecular weight is 719 g/mol. The van der Waals surface area contributed by atoms with Crippen molar-refractivity contribution in [2.45, 2.75) is 48.7 Å². The molecule has 1 saturated carbocycles. The Morgan fingerprint density at radius 2 is 1.87 bits per heavy atom. The van der Waals surface area contributed by atoms with E-state index in [9.17, 15) is 32.0 Å². The van der Waals surface area contributed by atoms with Gasteiger partial charge in [-0.3, -0.25) is 14.8 Å². The molecule has 46 heavy (non-hydrogen) atoms. The molecular weight excluding hydrogens is 689 g/mol. The highest BCUT2D eigenvalue weighted by atomic mass is 35.5. The lowest BCUT2D eigenvalue weighted by Crippen LogP contribution is -2.36. The van der Waals surface area contributed by atoms with Gasteiger partial charge < -0.3 is 14.2 Å². The number of esters is 1. The molecule has 246 valence electrons. The molecule has 1 aliphatic carbocycles. The number of carbonyl (C=O) groups is 2. The number of aromatic nitrogens is 1. The highest BCUT2D eigenvalue weighted by molar-refractivity contribution is 8.01. The van der Waals surface area contributed by atoms with E-state index in [1.807, 2.05) is 0 Å². The summed E-state index contributed by atoms with van der Waals surface area (Å²) in [6, 6.07) is 9.77. The molecule has 1 N–H and O–H groups in total. The van der Waals surface area contributed by atoms with Gasteiger partial charge in [0.15, 0.2) is 11.5 Å². The number of thioether (sulfide) groups is 1. The second-order valence-corrected chi connectivity index (χ2v) is 14.7. The fraction of sp³-hybridized carbons (Fsp3) is 0.367. The first-order chi connectivity index (χ1) is 21.9. The van der Waals surface area contributed by atoms with Crippen molar-refractivity contribution in [2.75, 3.05) is 18.9 Å². The smallest absolute Gasteiger partial charge is 0.387 e. The number of rotatable bonds is 14. The first-order valence-corrected chi connectivity index (χ1v) is 17.4. The van der Waals surface area contributed by atoms with Crippen LogP contribution >= 0.6 is 35.0 Å². The number of aldehydes is 1. The predicted molar refractivity (Wildman–Crippen MR) is 164 cm³/mol. The molecule has 1 aromatic heterocycles. The molecule has 1 aliphatic heterocycles. The molecule has 16 heteroatoms. The third-order valence-electron chi connectivity index (χ3n) is 7.34. The van der Waals surface area contributed by atoms with Crippen LogP contribution in [0.3, 0.4) is 0 Å². The van der Waals surface area contributed by atoms with Gasteiger partial charge in [-0.15, -0.1) is 11.8 Å². The fourth-order valence-corrected chi connectivity index (χ4v) is 8.71. The molecule has 0 radical (unpaired) electrons. The molecule has 2 aromatic carbocycles. The molecule has 2 aliphatic rings. The summed E-state index contributed by atoms with van der Waals surface area (Å²) in [5, 5.41) is 9.16. The van der Waals surface area contributed by atoms with E-state index < -0.39 is 34.1 Å². The van der Waals surface area contributed by atoms with E-state index in [2.05, 4.69) is 4.74 Å². The van der Waals surface area contributed by atoms with Gasteiger partial charge in [0.2, 0.25) is 22.4 Å². The van der Waals surface area contributed by atoms with Crippen molar-refractivity contribution in [1.29, 1.82) is 0 Å². The summed E-state index contributed by atoms with van der Waals surface area (Å²) in [4.78, 5) is 24.6. The number of benzene rings is 2. The summed E-state index contributed by atoms with van der Waals surface area (Å²) in [6.45, 7) is -2.67. The maximum Gasteiger partial charge on any atom is 0.387 e. The Morgan fingerprint density at radius 3 is 2.54 bits per heavy atom. The largest absolute Gasteiger partial charge is 0.489 e. The number of halogens is 4. The predicted octanol–water partition coefficient (Wildman–Crippen LogP) is 5.70. The topological polar surface area (TPSA) is 123 Å². The summed E-state index contributed by atoms with van der Waals surface area (Å²) in [6.07, 6.45) is 3.36. The van der Waals surface area contributed by atoms with Crippen molar-refractivity contribution in [2.24, 2.45) is 5.92 Å². The second-order valence-electron chi connectivity index (χ2n) is 10.7. The van der Waals surface area contributed by atoms with Crippen molar-refractivity contribution in [1.82, 2.24) is 4.31 Å². The van der Waals surface area contributed by atoms with Crippen LogP contribution in [0, 0.1) is 5.92 Å². The minimum Gasteiger partial charge on any atom is -0.489 e. The van der Waals surface area contributed by atoms with Crippen molar-refractivity contribution in [3.8, 4) is 11.5 Å². The van der Waals surface area contributed by atoms with Crippen molar-refractivity contribution in [3.63, 3.8) is 0 Å². The van der Waals surface area contributed by atoms with Crippen molar-refractivity contribution >= 4 is 57.2 Å². The molecule has 0 bridgehead atoms. The summed E-state index contributed by atoms with van der Waals surface area (Å²) in [5.41, 5.74) is 0.874. The van der Waals surface area contributed by atoms with Crippen LogP contribution in [0.1, 0.15) is 46.9 Å². The Kier molecular flexibility index (Phi) is 10.9. The standard InChI is InChI=1S/C30H29Cl2F2N2O8S2/c31-23-14-35(39)15-24(32)22(23)12-26(20-6-7-25(44-30(33)34)27(11-20)42-17-18-4-5-18)43-29(38)13-28-36(8-9-45-28)46(40,41)21-3-1-2-19(10-21)16-37/h1-3,6-7,10-11,14-16,18,26,28,30,39H,4-5,8-9,12-13,17H2/q+1/t26?,28-/m0/s1. The molecule has 2 fully saturated rings. The number of pyridine rings is 1. The zero-order chi connectivity index (χ0) is 33.0. The van der Waals surface area contributed by atoms with E-state index in [4.69, 9.17) is 32.7 Å². The minimum atomic E-state index is -4.05. The molecule has 5 rings (SSSR count). The third kappa shape index (κ3) is 8.40. The van der Waals surface area contributed by atoms with Gasteiger partial charge in [-0.1, -0.05) is 41.4 Å². The molecule has 2 atom stereocenters. The molecule has 1 unspecified atom stereocenters. The quantitative estimate of drug-likeness (QED) is 0.0968. The highest BCUT2D eigenvalue weighted by Gasteiger charge is 2.38. The molecule has 1 saturated heterocycles. The van der Waals surface area contributed by atoms with E-state index in [0.29, 0.717) is 40.4 Å². The number of hydrogen-bond donors (Lipinski definition) is 1. The Bertz CT molecular complexity index is 1690. The molecular formula is C30H29Cl2F2N2O8S2+. The lowest BCUT2D eigenvalue weighted by atomic mass is 10.0. The van der Waals surface area contributed by atoms with Crippen LogP contribution in [0.15, 0.2) is 59.8 Å². The summed E-state index contributed by atoms with van der Waals surface area (Å²) in [7, 11) is -4.05. The normalized spacial score (nSPS) is 17.5. The lowest BCUT2D eigenvalue weighted by Gasteiger charge is -2.25. The van der Waals surface area contributed by atoms with E-state index in [1.54, 1.807) is 0 Å². The zero-order valence-electron chi connectivity index (χ0n) is 24.1. The fourth-order valence-electron chi connectivity index (χ4n) is 4.85. The van der Waals surface area contributed by atoms with Gasteiger partial charge in [0.25, 0.3) is 0 Å². The van der Waals surface area contributed by atoms with Gasteiger partial charge >= 0.3 is 12.6 Å². The average Bonchev–Trinajstić information content (AvgIpc) is 3.72. The number of hydrogen-bond acceptors (Lipinski definition) is 9. The minimum absolute atomic E-state index is 0.0328. The summed E-state index contributed by atoms with van der Waals surface area (Å²) in [5.74, 6) is -0.181. The first kappa shape index (κ1) is 34.2. The Labute approximate surface area is 278 Å². The van der Waals surface area contributed by atoms with Gasteiger partial charge in [0.05, 0.1) is 23.3 Å². The van der Waals surface area contributed by atoms with Gasteiger partial charge in [-0.05, 0) is 48.6 Å². The zero-order valence-corrected chi connectivity index (χ0v) is 27.2. The molecule has 0 spiro atoms. The van der Waals surface area contributed by atoms with Crippen LogP contribution < -0.4 is 14.2 Å². The SMILES string of the molecule is O=Cc1cccc(S(=O)(=O)N2CCS[C@H]2CC(=O)OC(Cc2c(Cl)c[n+](O)cc2Cl)c2ccc(OC(F)F)c(OCC3CC3)c2)c1. The van der Waals surface area contributed by atoms with Gasteiger partial charge in [0, 0.05) is 34.6 Å². The van der Waals surface area contributed by atoms with Crippen LogP contribution in [-0.2, 0) is 26.0 Å². The number of ether oxygens (including phenoxy) is 3. The van der Waals surface area contributed by atoms with Crippen LogP contribution in [0.25, 0.3) is 0 Å². The summed E-state index contributed by atoms with van der Waals surface area (Å²) >= 11 is 14.0. The molecule has 10 nitrogen and oxygen atoms in total. The van der Waals surface area contributed by atoms with E-state index >= 15 is 0 Å². The number of nitrogens with zero attached hydrogens (tertiary/aromatic N) is 2. The Balaban J connectivity index is 1.41. The van der Waals surface area contributed by atoms with Gasteiger partial charge in [0.1, 0.15) is 22.4 Å². The van der Waals surface area contributed by atoms with Crippen molar-refractivity contribution < 1.29 is 50.9 Å². The Hall–Kier alpha value is -3.17. The molecule has 3 aromatic rings. The first-order valence-electron chi connectivity index (χ1n) is 14.1. The Morgan fingerprint density at radius 1 is 1.13 bits per heavy atom. The van der Waals surface area contributed by atoms with Crippen LogP contribution in [0.5, 0.6) is 11.5 Å². The monoisotopic (exact) mass is 717 g/mol. The number of carbonyl (C=O) groups excluding carboxylic acids is 2. The van der Waals surface area contributed by atoms with Crippen LogP contribution in [-0.4, -0.2) is 61.1 Å². The lowest BCUT2D eigenvalue weighted by molar-refractivity contribution is -0.904. The van der Waals surface area contributed by atoms with Crippen LogP contribution in [0.4, 0.5) is 8.78 Å². The number of alkyl halides is 2. The third-order valence-corrected chi connectivity index (χ3v) is 11.3. The number of sulfonamides is 1.